The van der Waals surface area contributed by atoms with Gasteiger partial charge in [-0.05, 0) is 30.4 Å². The number of carbonyl (C=O) groups excluding carboxylic acids is 1. The van der Waals surface area contributed by atoms with Crippen LogP contribution in [0.3, 0.4) is 0 Å². The van der Waals surface area contributed by atoms with E-state index in [1.54, 1.807) is 4.90 Å². The van der Waals surface area contributed by atoms with E-state index in [-0.39, 0.29) is 11.5 Å². The van der Waals surface area contributed by atoms with Crippen LogP contribution in [0.1, 0.15) is 30.0 Å². The molecule has 6 heteroatoms. The molecule has 0 atom stereocenters. The maximum absolute atomic E-state index is 12.8. The maximum atomic E-state index is 12.8. The smallest absolute Gasteiger partial charge is 0.345 e. The zero-order valence-corrected chi connectivity index (χ0v) is 9.65. The van der Waals surface area contributed by atoms with Crippen LogP contribution in [-0.4, -0.2) is 29.4 Å². The molecule has 0 aliphatic carbocycles. The number of halogens is 3. The average Bonchev–Trinajstić information content (AvgIpc) is 2.38. The van der Waals surface area contributed by atoms with Gasteiger partial charge < -0.3 is 4.90 Å². The molecule has 0 bridgehead atoms. The molecule has 1 aliphatic heterocycles. The van der Waals surface area contributed by atoms with E-state index < -0.39 is 11.9 Å². The molecule has 0 spiro atoms. The lowest BCUT2D eigenvalue weighted by Crippen LogP contribution is -2.32. The second kappa shape index (κ2) is 4.96. The van der Waals surface area contributed by atoms with Crippen molar-refractivity contribution in [1.82, 2.24) is 9.88 Å². The number of aromatic nitrogens is 1. The number of hydrogen-bond donors (Lipinski definition) is 0. The average molecular weight is 258 g/mol. The maximum Gasteiger partial charge on any atom is 0.433 e. The Balaban J connectivity index is 2.22. The van der Waals surface area contributed by atoms with E-state index in [2.05, 4.69) is 4.98 Å². The van der Waals surface area contributed by atoms with Gasteiger partial charge in [0.2, 0.25) is 6.41 Å². The lowest BCUT2D eigenvalue weighted by atomic mass is 9.88. The van der Waals surface area contributed by atoms with E-state index in [0.29, 0.717) is 25.9 Å². The minimum atomic E-state index is -4.42. The molecule has 1 fully saturated rings. The van der Waals surface area contributed by atoms with Crippen molar-refractivity contribution in [2.75, 3.05) is 13.1 Å². The quantitative estimate of drug-likeness (QED) is 0.763. The van der Waals surface area contributed by atoms with Crippen LogP contribution in [0, 0.1) is 0 Å². The molecule has 18 heavy (non-hydrogen) atoms. The number of nitrogens with zero attached hydrogens (tertiary/aromatic N) is 2. The fourth-order valence-electron chi connectivity index (χ4n) is 2.30. The summed E-state index contributed by atoms with van der Waals surface area (Å²) in [7, 11) is 0. The molecule has 3 nitrogen and oxygen atoms in total. The second-order valence-electron chi connectivity index (χ2n) is 4.35. The van der Waals surface area contributed by atoms with Gasteiger partial charge in [-0.25, -0.2) is 0 Å². The van der Waals surface area contributed by atoms with E-state index in [9.17, 15) is 18.0 Å². The predicted octanol–water partition coefficient (Wildman–Crippen LogP) is 2.44. The Morgan fingerprint density at radius 2 is 2.00 bits per heavy atom. The van der Waals surface area contributed by atoms with E-state index in [1.807, 2.05) is 0 Å². The van der Waals surface area contributed by atoms with Crippen molar-refractivity contribution in [3.05, 3.63) is 29.6 Å². The molecular formula is C12H13F3N2O. The molecule has 1 amide bonds. The van der Waals surface area contributed by atoms with Crippen molar-refractivity contribution < 1.29 is 18.0 Å². The number of pyridine rings is 1. The van der Waals surface area contributed by atoms with Crippen molar-refractivity contribution in [1.29, 1.82) is 0 Å². The fourth-order valence-corrected chi connectivity index (χ4v) is 2.30. The van der Waals surface area contributed by atoms with Gasteiger partial charge in [-0.15, -0.1) is 0 Å². The summed E-state index contributed by atoms with van der Waals surface area (Å²) in [4.78, 5) is 15.6. The summed E-state index contributed by atoms with van der Waals surface area (Å²) in [5.41, 5.74) is -0.551. The Bertz CT molecular complexity index is 426. The molecule has 1 saturated heterocycles. The molecule has 98 valence electrons. The van der Waals surface area contributed by atoms with Crippen LogP contribution in [-0.2, 0) is 11.0 Å². The van der Waals surface area contributed by atoms with Gasteiger partial charge in [0.15, 0.2) is 0 Å². The Morgan fingerprint density at radius 3 is 2.56 bits per heavy atom. The number of amides is 1. The predicted molar refractivity (Wildman–Crippen MR) is 58.9 cm³/mol. The lowest BCUT2D eigenvalue weighted by molar-refractivity contribution is -0.142. The minimum Gasteiger partial charge on any atom is -0.345 e. The first-order chi connectivity index (χ1) is 8.52. The van der Waals surface area contributed by atoms with Crippen LogP contribution in [0.15, 0.2) is 18.3 Å². The van der Waals surface area contributed by atoms with E-state index in [0.717, 1.165) is 12.6 Å². The molecule has 1 aliphatic rings. The highest BCUT2D eigenvalue weighted by Gasteiger charge is 2.37. The second-order valence-corrected chi connectivity index (χ2v) is 4.35. The number of carbonyl (C=O) groups is 1. The number of hydrogen-bond acceptors (Lipinski definition) is 2. The van der Waals surface area contributed by atoms with Gasteiger partial charge in [0.05, 0.1) is 0 Å². The zero-order valence-electron chi connectivity index (χ0n) is 9.65. The van der Waals surface area contributed by atoms with Crippen molar-refractivity contribution in [3.63, 3.8) is 0 Å². The first-order valence-electron chi connectivity index (χ1n) is 5.74. The zero-order chi connectivity index (χ0) is 13.2. The van der Waals surface area contributed by atoms with Gasteiger partial charge in [-0.2, -0.15) is 13.2 Å². The largest absolute Gasteiger partial charge is 0.433 e. The third-order valence-electron chi connectivity index (χ3n) is 3.23. The first-order valence-corrected chi connectivity index (χ1v) is 5.74. The van der Waals surface area contributed by atoms with Gasteiger partial charge in [0.25, 0.3) is 0 Å². The number of piperidine rings is 1. The van der Waals surface area contributed by atoms with Crippen molar-refractivity contribution in [2.45, 2.75) is 24.9 Å². The topological polar surface area (TPSA) is 33.2 Å². The monoisotopic (exact) mass is 258 g/mol. The summed E-state index contributed by atoms with van der Waals surface area (Å²) in [5, 5.41) is 0. The SMILES string of the molecule is O=CN1CCC(c2cccnc2C(F)(F)F)CC1. The molecule has 0 N–H and O–H groups in total. The summed E-state index contributed by atoms with van der Waals surface area (Å²) in [6.45, 7) is 1.00. The van der Waals surface area contributed by atoms with E-state index >= 15 is 0 Å². The molecule has 0 radical (unpaired) electrons. The van der Waals surface area contributed by atoms with E-state index in [1.165, 1.54) is 12.1 Å². The number of alkyl halides is 3. The number of rotatable bonds is 2. The Kier molecular flexibility index (Phi) is 3.54. The van der Waals surface area contributed by atoms with Crippen molar-refractivity contribution in [2.24, 2.45) is 0 Å². The van der Waals surface area contributed by atoms with Gasteiger partial charge in [-0.3, -0.25) is 9.78 Å². The van der Waals surface area contributed by atoms with Crippen LogP contribution in [0.5, 0.6) is 0 Å². The standard InChI is InChI=1S/C12H13F3N2O/c13-12(14,15)11-10(2-1-5-16-11)9-3-6-17(8-18)7-4-9/h1-2,5,8-9H,3-4,6-7H2. The Labute approximate surface area is 103 Å². The summed E-state index contributed by atoms with van der Waals surface area (Å²) >= 11 is 0. The van der Waals surface area contributed by atoms with Crippen molar-refractivity contribution in [3.8, 4) is 0 Å². The minimum absolute atomic E-state index is 0.175. The van der Waals surface area contributed by atoms with E-state index in [4.69, 9.17) is 0 Å². The molecule has 1 aromatic rings. The molecule has 0 saturated carbocycles. The number of likely N-dealkylation sites (tertiary alicyclic amines) is 1. The van der Waals surface area contributed by atoms with Crippen LogP contribution in [0.4, 0.5) is 13.2 Å². The molecule has 0 unspecified atom stereocenters. The molecule has 0 aromatic carbocycles. The molecule has 1 aromatic heterocycles. The molecule has 2 heterocycles. The van der Waals surface area contributed by atoms with Gasteiger partial charge >= 0.3 is 6.18 Å². The third kappa shape index (κ3) is 2.63. The highest BCUT2D eigenvalue weighted by Crippen LogP contribution is 2.37. The summed E-state index contributed by atoms with van der Waals surface area (Å²) in [6.07, 6.45) is -1.42. The van der Waals surface area contributed by atoms with Crippen molar-refractivity contribution >= 4 is 6.41 Å². The van der Waals surface area contributed by atoms with Gasteiger partial charge in [0, 0.05) is 19.3 Å². The first kappa shape index (κ1) is 12.9. The highest BCUT2D eigenvalue weighted by molar-refractivity contribution is 5.47. The summed E-state index contributed by atoms with van der Waals surface area (Å²) < 4.78 is 38.5. The van der Waals surface area contributed by atoms with Crippen LogP contribution < -0.4 is 0 Å². The van der Waals surface area contributed by atoms with Gasteiger partial charge in [-0.1, -0.05) is 6.07 Å². The summed E-state index contributed by atoms with van der Waals surface area (Å²) in [5.74, 6) is -0.175. The van der Waals surface area contributed by atoms with Crippen LogP contribution in [0.2, 0.25) is 0 Å². The third-order valence-corrected chi connectivity index (χ3v) is 3.23. The Morgan fingerprint density at radius 1 is 1.33 bits per heavy atom. The molecule has 2 rings (SSSR count). The lowest BCUT2D eigenvalue weighted by Gasteiger charge is -2.30. The Hall–Kier alpha value is -1.59. The van der Waals surface area contributed by atoms with Gasteiger partial charge in [0.1, 0.15) is 5.69 Å². The van der Waals surface area contributed by atoms with Crippen LogP contribution >= 0.6 is 0 Å². The highest BCUT2D eigenvalue weighted by atomic mass is 19.4. The summed E-state index contributed by atoms with van der Waals surface area (Å²) in [6, 6.07) is 3.01. The normalized spacial score (nSPS) is 17.8. The fraction of sp³-hybridized carbons (Fsp3) is 0.500. The molecular weight excluding hydrogens is 245 g/mol. The van der Waals surface area contributed by atoms with Crippen LogP contribution in [0.25, 0.3) is 0 Å².